The minimum Gasteiger partial charge on any atom is -0.311 e. The smallest absolute Gasteiger partial charge is 0.0595 e. The first kappa shape index (κ1) is 11.1. The summed E-state index contributed by atoms with van der Waals surface area (Å²) >= 11 is 17.1. The minimum atomic E-state index is 0.586. The normalized spacial score (nSPS) is 10.4. The van der Waals surface area contributed by atoms with E-state index >= 15 is 0 Å². The van der Waals surface area contributed by atoms with Crippen LogP contribution < -0.4 is 5.32 Å². The van der Waals surface area contributed by atoms with Crippen molar-refractivity contribution in [2.45, 2.75) is 6.54 Å². The van der Waals surface area contributed by atoms with Crippen molar-refractivity contribution < 1.29 is 0 Å². The third-order valence-corrected chi connectivity index (χ3v) is 2.51. The Hall–Kier alpha value is 0.0500. The predicted molar refractivity (Wildman–Crippen MR) is 58.9 cm³/mol. The SMILES string of the molecule is ClCCNCc1ccc(Cl)c(Cl)c1. The highest BCUT2D eigenvalue weighted by atomic mass is 35.5. The molecular weight excluding hydrogens is 228 g/mol. The van der Waals surface area contributed by atoms with Gasteiger partial charge in [0, 0.05) is 19.0 Å². The summed E-state index contributed by atoms with van der Waals surface area (Å²) in [5, 5.41) is 4.34. The zero-order valence-corrected chi connectivity index (χ0v) is 9.26. The van der Waals surface area contributed by atoms with Crippen LogP contribution in [-0.4, -0.2) is 12.4 Å². The molecule has 0 radical (unpaired) electrons. The fraction of sp³-hybridized carbons (Fsp3) is 0.333. The van der Waals surface area contributed by atoms with Gasteiger partial charge < -0.3 is 5.32 Å². The van der Waals surface area contributed by atoms with Crippen molar-refractivity contribution in [3.05, 3.63) is 33.8 Å². The summed E-state index contributed by atoms with van der Waals surface area (Å²) < 4.78 is 0. The van der Waals surface area contributed by atoms with Crippen LogP contribution in [0.5, 0.6) is 0 Å². The van der Waals surface area contributed by atoms with Gasteiger partial charge in [-0.05, 0) is 17.7 Å². The summed E-state index contributed by atoms with van der Waals surface area (Å²) in [5.74, 6) is 0.612. The van der Waals surface area contributed by atoms with Gasteiger partial charge in [0.25, 0.3) is 0 Å². The summed E-state index contributed by atoms with van der Waals surface area (Å²) in [7, 11) is 0. The number of benzene rings is 1. The van der Waals surface area contributed by atoms with Gasteiger partial charge in [0.15, 0.2) is 0 Å². The molecule has 0 heterocycles. The highest BCUT2D eigenvalue weighted by Crippen LogP contribution is 2.22. The first-order valence-electron chi connectivity index (χ1n) is 3.94. The predicted octanol–water partition coefficient (Wildman–Crippen LogP) is 3.32. The second-order valence-corrected chi connectivity index (χ2v) is 3.81. The molecule has 0 aliphatic carbocycles. The Labute approximate surface area is 93.0 Å². The molecule has 0 unspecified atom stereocenters. The van der Waals surface area contributed by atoms with Gasteiger partial charge >= 0.3 is 0 Å². The monoisotopic (exact) mass is 237 g/mol. The van der Waals surface area contributed by atoms with E-state index in [1.165, 1.54) is 0 Å². The number of alkyl halides is 1. The van der Waals surface area contributed by atoms with Crippen LogP contribution in [0.25, 0.3) is 0 Å². The van der Waals surface area contributed by atoms with Gasteiger partial charge in [0.1, 0.15) is 0 Å². The summed E-state index contributed by atoms with van der Waals surface area (Å²) in [6, 6.07) is 5.59. The van der Waals surface area contributed by atoms with E-state index < -0.39 is 0 Å². The molecule has 4 heteroatoms. The second kappa shape index (κ2) is 5.71. The molecule has 0 saturated heterocycles. The minimum absolute atomic E-state index is 0.586. The van der Waals surface area contributed by atoms with E-state index in [-0.39, 0.29) is 0 Å². The van der Waals surface area contributed by atoms with Gasteiger partial charge in [-0.15, -0.1) is 11.6 Å². The van der Waals surface area contributed by atoms with Crippen molar-refractivity contribution in [3.8, 4) is 0 Å². The number of hydrogen-bond acceptors (Lipinski definition) is 1. The molecule has 0 aromatic heterocycles. The van der Waals surface area contributed by atoms with Crippen molar-refractivity contribution >= 4 is 34.8 Å². The highest BCUT2D eigenvalue weighted by Gasteiger charge is 1.98. The van der Waals surface area contributed by atoms with Crippen molar-refractivity contribution in [1.29, 1.82) is 0 Å². The van der Waals surface area contributed by atoms with Crippen molar-refractivity contribution in [2.75, 3.05) is 12.4 Å². The maximum atomic E-state index is 5.84. The van der Waals surface area contributed by atoms with Gasteiger partial charge in [-0.2, -0.15) is 0 Å². The van der Waals surface area contributed by atoms with Crippen LogP contribution in [0, 0.1) is 0 Å². The average Bonchev–Trinajstić information content (AvgIpc) is 2.12. The van der Waals surface area contributed by atoms with Crippen molar-refractivity contribution in [2.24, 2.45) is 0 Å². The van der Waals surface area contributed by atoms with E-state index in [1.807, 2.05) is 12.1 Å². The maximum Gasteiger partial charge on any atom is 0.0595 e. The summed E-state index contributed by atoms with van der Waals surface area (Å²) in [5.41, 5.74) is 1.11. The van der Waals surface area contributed by atoms with Crippen LogP contribution in [0.15, 0.2) is 18.2 Å². The summed E-state index contributed by atoms with van der Waals surface area (Å²) in [6.07, 6.45) is 0. The van der Waals surface area contributed by atoms with Crippen LogP contribution >= 0.6 is 34.8 Å². The van der Waals surface area contributed by atoms with Crippen LogP contribution in [0.2, 0.25) is 10.0 Å². The summed E-state index contributed by atoms with van der Waals surface area (Å²) in [4.78, 5) is 0. The van der Waals surface area contributed by atoms with Gasteiger partial charge in [-0.3, -0.25) is 0 Å². The zero-order valence-electron chi connectivity index (χ0n) is 6.99. The van der Waals surface area contributed by atoms with E-state index in [0.717, 1.165) is 18.7 Å². The van der Waals surface area contributed by atoms with Gasteiger partial charge in [0.2, 0.25) is 0 Å². The molecule has 0 aliphatic heterocycles. The molecule has 0 fully saturated rings. The molecule has 0 aliphatic rings. The number of hydrogen-bond donors (Lipinski definition) is 1. The third kappa shape index (κ3) is 3.74. The lowest BCUT2D eigenvalue weighted by molar-refractivity contribution is 0.730. The average molecular weight is 239 g/mol. The lowest BCUT2D eigenvalue weighted by Gasteiger charge is -2.03. The Bertz CT molecular complexity index is 276. The van der Waals surface area contributed by atoms with Gasteiger partial charge in [-0.25, -0.2) is 0 Å². The van der Waals surface area contributed by atoms with Gasteiger partial charge in [-0.1, -0.05) is 29.3 Å². The molecule has 1 aromatic rings. The maximum absolute atomic E-state index is 5.84. The van der Waals surface area contributed by atoms with Crippen molar-refractivity contribution in [1.82, 2.24) is 5.32 Å². The Morgan fingerprint density at radius 1 is 1.15 bits per heavy atom. The Balaban J connectivity index is 2.53. The van der Waals surface area contributed by atoms with E-state index in [1.54, 1.807) is 6.07 Å². The van der Waals surface area contributed by atoms with E-state index in [0.29, 0.717) is 15.9 Å². The molecule has 72 valence electrons. The molecule has 1 N–H and O–H groups in total. The molecule has 1 nitrogen and oxygen atoms in total. The van der Waals surface area contributed by atoms with Crippen LogP contribution in [0.1, 0.15) is 5.56 Å². The summed E-state index contributed by atoms with van der Waals surface area (Å²) in [6.45, 7) is 1.56. The second-order valence-electron chi connectivity index (χ2n) is 2.61. The fourth-order valence-electron chi connectivity index (χ4n) is 0.949. The Kier molecular flexibility index (Phi) is 4.89. The quantitative estimate of drug-likeness (QED) is 0.627. The molecule has 13 heavy (non-hydrogen) atoms. The molecule has 0 bridgehead atoms. The third-order valence-electron chi connectivity index (χ3n) is 1.58. The molecule has 0 saturated carbocycles. The fourth-order valence-corrected chi connectivity index (χ4v) is 1.40. The van der Waals surface area contributed by atoms with Gasteiger partial charge in [0.05, 0.1) is 10.0 Å². The number of nitrogens with one attached hydrogen (secondary N) is 1. The van der Waals surface area contributed by atoms with Crippen LogP contribution in [0.3, 0.4) is 0 Å². The molecular formula is C9H10Cl3N. The molecule has 0 amide bonds. The first-order valence-corrected chi connectivity index (χ1v) is 5.23. The van der Waals surface area contributed by atoms with E-state index in [4.69, 9.17) is 34.8 Å². The number of rotatable bonds is 4. The van der Waals surface area contributed by atoms with E-state index in [2.05, 4.69) is 5.32 Å². The molecule has 1 rings (SSSR count). The Morgan fingerprint density at radius 2 is 1.92 bits per heavy atom. The number of halogens is 3. The highest BCUT2D eigenvalue weighted by molar-refractivity contribution is 6.42. The zero-order chi connectivity index (χ0) is 9.68. The van der Waals surface area contributed by atoms with Crippen LogP contribution in [-0.2, 0) is 6.54 Å². The topological polar surface area (TPSA) is 12.0 Å². The first-order chi connectivity index (χ1) is 6.24. The van der Waals surface area contributed by atoms with E-state index in [9.17, 15) is 0 Å². The van der Waals surface area contributed by atoms with Crippen molar-refractivity contribution in [3.63, 3.8) is 0 Å². The molecule has 1 aromatic carbocycles. The Morgan fingerprint density at radius 3 is 2.54 bits per heavy atom. The lowest BCUT2D eigenvalue weighted by atomic mass is 10.2. The van der Waals surface area contributed by atoms with Crippen LogP contribution in [0.4, 0.5) is 0 Å². The lowest BCUT2D eigenvalue weighted by Crippen LogP contribution is -2.15. The standard InChI is InChI=1S/C9H10Cl3N/c10-3-4-13-6-7-1-2-8(11)9(12)5-7/h1-2,5,13H,3-4,6H2. The molecule has 0 spiro atoms. The largest absolute Gasteiger partial charge is 0.311 e. The molecule has 0 atom stereocenters.